The Kier molecular flexibility index (Phi) is 2.73. The van der Waals surface area contributed by atoms with Crippen LogP contribution in [-0.4, -0.2) is 33.2 Å². The normalized spacial score (nSPS) is 9.45. The third-order valence-corrected chi connectivity index (χ3v) is 1.40. The van der Waals surface area contributed by atoms with Gasteiger partial charge in [0.2, 0.25) is 11.2 Å². The van der Waals surface area contributed by atoms with E-state index in [1.54, 1.807) is 4.68 Å². The smallest absolute Gasteiger partial charge is 0.238 e. The number of amides is 1. The van der Waals surface area contributed by atoms with Crippen molar-refractivity contribution in [2.45, 2.75) is 6.54 Å². The minimum Gasteiger partial charge on any atom is -0.357 e. The molecule has 1 heterocycles. The minimum atomic E-state index is 0.387. The lowest BCUT2D eigenvalue weighted by molar-refractivity contribution is -0.109. The van der Waals surface area contributed by atoms with Gasteiger partial charge in [0.1, 0.15) is 0 Å². The van der Waals surface area contributed by atoms with Crippen molar-refractivity contribution in [2.24, 2.45) is 0 Å². The molecular weight excluding hydrogens is 166 g/mol. The van der Waals surface area contributed by atoms with Crippen molar-refractivity contribution < 1.29 is 4.79 Å². The maximum Gasteiger partial charge on any atom is 0.238 e. The van der Waals surface area contributed by atoms with Crippen LogP contribution < -0.4 is 5.32 Å². The molecule has 7 heteroatoms. The first-order valence-electron chi connectivity index (χ1n) is 2.99. The first-order chi connectivity index (χ1) is 5.34. The van der Waals surface area contributed by atoms with Crippen molar-refractivity contribution in [3.8, 4) is 0 Å². The third kappa shape index (κ3) is 2.11. The molecule has 60 valence electrons. The predicted molar refractivity (Wildman–Crippen MR) is 39.3 cm³/mol. The lowest BCUT2D eigenvalue weighted by atomic mass is 10.6. The van der Waals surface area contributed by atoms with Gasteiger partial charge in [0, 0.05) is 6.54 Å². The highest BCUT2D eigenvalue weighted by Gasteiger charge is 1.92. The monoisotopic (exact) mass is 173 g/mol. The van der Waals surface area contributed by atoms with Crippen molar-refractivity contribution in [3.05, 3.63) is 4.77 Å². The van der Waals surface area contributed by atoms with Gasteiger partial charge in [0.05, 0.1) is 6.54 Å². The van der Waals surface area contributed by atoms with E-state index in [9.17, 15) is 4.79 Å². The molecule has 0 bridgehead atoms. The van der Waals surface area contributed by atoms with E-state index in [0.29, 0.717) is 24.3 Å². The molecule has 0 atom stereocenters. The first-order valence-corrected chi connectivity index (χ1v) is 3.40. The topological polar surface area (TPSA) is 75.6 Å². The molecule has 0 saturated carbocycles. The fourth-order valence-electron chi connectivity index (χ4n) is 0.597. The van der Waals surface area contributed by atoms with Gasteiger partial charge in [0.15, 0.2) is 0 Å². The van der Waals surface area contributed by atoms with Crippen LogP contribution in [0.15, 0.2) is 0 Å². The average molecular weight is 173 g/mol. The molecule has 0 unspecified atom stereocenters. The van der Waals surface area contributed by atoms with Crippen LogP contribution in [-0.2, 0) is 11.3 Å². The fourth-order valence-corrected chi connectivity index (χ4v) is 0.770. The highest BCUT2D eigenvalue weighted by Crippen LogP contribution is 1.80. The number of H-pyrrole nitrogens is 1. The summed E-state index contributed by atoms with van der Waals surface area (Å²) < 4.78 is 1.95. The second kappa shape index (κ2) is 3.81. The van der Waals surface area contributed by atoms with E-state index in [2.05, 4.69) is 20.8 Å². The van der Waals surface area contributed by atoms with Gasteiger partial charge in [-0.05, 0) is 12.2 Å². The van der Waals surface area contributed by atoms with Gasteiger partial charge in [-0.25, -0.2) is 4.68 Å². The number of hydrogen-bond acceptors (Lipinski definition) is 4. The van der Waals surface area contributed by atoms with Crippen LogP contribution in [0.1, 0.15) is 0 Å². The largest absolute Gasteiger partial charge is 0.357 e. The molecule has 0 fully saturated rings. The quantitative estimate of drug-likeness (QED) is 0.351. The number of rotatable bonds is 4. The summed E-state index contributed by atoms with van der Waals surface area (Å²) >= 11 is 4.78. The molecular formula is C4H7N5OS. The standard InChI is InChI=1S/C4H7N5OS/c10-3-5-1-2-9-4(11)6-7-8-9/h3H,1-2H2,(H,5,10)(H,6,8,11). The van der Waals surface area contributed by atoms with Crippen LogP contribution in [0.25, 0.3) is 0 Å². The summed E-state index contributed by atoms with van der Waals surface area (Å²) in [5.41, 5.74) is 0. The molecule has 0 spiro atoms. The highest BCUT2D eigenvalue weighted by atomic mass is 32.1. The molecule has 0 aliphatic rings. The van der Waals surface area contributed by atoms with E-state index in [1.165, 1.54) is 0 Å². The second-order valence-electron chi connectivity index (χ2n) is 1.81. The molecule has 0 radical (unpaired) electrons. The van der Waals surface area contributed by atoms with Crippen LogP contribution in [0.4, 0.5) is 0 Å². The molecule has 0 aliphatic heterocycles. The molecule has 0 aliphatic carbocycles. The van der Waals surface area contributed by atoms with E-state index in [4.69, 9.17) is 12.2 Å². The van der Waals surface area contributed by atoms with Crippen molar-refractivity contribution >= 4 is 18.6 Å². The highest BCUT2D eigenvalue weighted by molar-refractivity contribution is 7.71. The zero-order chi connectivity index (χ0) is 8.10. The predicted octanol–water partition coefficient (Wildman–Crippen LogP) is -0.918. The summed E-state index contributed by atoms with van der Waals surface area (Å²) in [6, 6.07) is 0. The van der Waals surface area contributed by atoms with Crippen molar-refractivity contribution in [2.75, 3.05) is 6.54 Å². The number of aromatic nitrogens is 4. The SMILES string of the molecule is O=CNCCn1[nH]nnc1=S. The van der Waals surface area contributed by atoms with Crippen molar-refractivity contribution in [1.29, 1.82) is 0 Å². The van der Waals surface area contributed by atoms with Gasteiger partial charge >= 0.3 is 0 Å². The van der Waals surface area contributed by atoms with Crippen LogP contribution in [0, 0.1) is 4.77 Å². The molecule has 1 aromatic heterocycles. The van der Waals surface area contributed by atoms with Crippen LogP contribution in [0.5, 0.6) is 0 Å². The summed E-state index contributed by atoms with van der Waals surface area (Å²) in [5, 5.41) is 12.1. The van der Waals surface area contributed by atoms with Crippen LogP contribution in [0.3, 0.4) is 0 Å². The van der Waals surface area contributed by atoms with E-state index < -0.39 is 0 Å². The lowest BCUT2D eigenvalue weighted by Gasteiger charge is -1.97. The Morgan fingerprint density at radius 2 is 2.64 bits per heavy atom. The van der Waals surface area contributed by atoms with E-state index in [1.807, 2.05) is 0 Å². The van der Waals surface area contributed by atoms with Crippen LogP contribution in [0.2, 0.25) is 0 Å². The maximum atomic E-state index is 9.83. The molecule has 11 heavy (non-hydrogen) atoms. The second-order valence-corrected chi connectivity index (χ2v) is 2.17. The van der Waals surface area contributed by atoms with Gasteiger partial charge in [-0.1, -0.05) is 10.3 Å². The summed E-state index contributed by atoms with van der Waals surface area (Å²) in [4.78, 5) is 9.83. The molecule has 1 aromatic rings. The zero-order valence-electron chi connectivity index (χ0n) is 5.65. The molecule has 0 saturated heterocycles. The molecule has 1 rings (SSSR count). The number of hydrogen-bond donors (Lipinski definition) is 2. The Hall–Kier alpha value is -1.24. The van der Waals surface area contributed by atoms with Crippen LogP contribution >= 0.6 is 12.2 Å². The Morgan fingerprint density at radius 3 is 3.18 bits per heavy atom. The summed E-state index contributed by atoms with van der Waals surface area (Å²) in [5.74, 6) is 0. The lowest BCUT2D eigenvalue weighted by Crippen LogP contribution is -2.18. The number of nitrogens with zero attached hydrogens (tertiary/aromatic N) is 3. The minimum absolute atomic E-state index is 0.387. The Labute approximate surface area is 67.6 Å². The number of aromatic amines is 1. The van der Waals surface area contributed by atoms with Gasteiger partial charge < -0.3 is 5.32 Å². The number of tetrazole rings is 1. The Bertz CT molecular complexity index is 278. The van der Waals surface area contributed by atoms with Gasteiger partial charge in [-0.2, -0.15) is 5.21 Å². The molecule has 2 N–H and O–H groups in total. The zero-order valence-corrected chi connectivity index (χ0v) is 6.47. The Balaban J connectivity index is 2.44. The maximum absolute atomic E-state index is 9.83. The number of nitrogens with one attached hydrogen (secondary N) is 2. The summed E-state index contributed by atoms with van der Waals surface area (Å²) in [7, 11) is 0. The van der Waals surface area contributed by atoms with Gasteiger partial charge in [0.25, 0.3) is 0 Å². The molecule has 1 amide bonds. The third-order valence-electron chi connectivity index (χ3n) is 1.09. The van der Waals surface area contributed by atoms with Gasteiger partial charge in [-0.15, -0.1) is 0 Å². The van der Waals surface area contributed by atoms with Crippen molar-refractivity contribution in [3.63, 3.8) is 0 Å². The van der Waals surface area contributed by atoms with E-state index >= 15 is 0 Å². The van der Waals surface area contributed by atoms with Crippen molar-refractivity contribution in [1.82, 2.24) is 25.5 Å². The average Bonchev–Trinajstić information content (AvgIpc) is 2.37. The fraction of sp³-hybridized carbons (Fsp3) is 0.500. The number of carbonyl (C=O) groups is 1. The number of carbonyl (C=O) groups excluding carboxylic acids is 1. The molecule has 0 aromatic carbocycles. The Morgan fingerprint density at radius 1 is 1.82 bits per heavy atom. The first kappa shape index (κ1) is 7.86. The van der Waals surface area contributed by atoms with E-state index in [-0.39, 0.29) is 0 Å². The molecule has 6 nitrogen and oxygen atoms in total. The summed E-state index contributed by atoms with van der Waals surface area (Å²) in [6.07, 6.45) is 0.632. The van der Waals surface area contributed by atoms with Gasteiger partial charge in [-0.3, -0.25) is 4.79 Å². The summed E-state index contributed by atoms with van der Waals surface area (Å²) in [6.45, 7) is 1.08. The van der Waals surface area contributed by atoms with E-state index in [0.717, 1.165) is 0 Å².